The van der Waals surface area contributed by atoms with Crippen LogP contribution in [0.3, 0.4) is 0 Å². The van der Waals surface area contributed by atoms with Crippen molar-refractivity contribution in [1.29, 1.82) is 0 Å². The van der Waals surface area contributed by atoms with Gasteiger partial charge in [0, 0.05) is 58.8 Å². The second kappa shape index (κ2) is 17.2. The number of hydrogen-bond donors (Lipinski definition) is 0. The van der Waals surface area contributed by atoms with E-state index in [2.05, 4.69) is 72.1 Å². The molecule has 0 saturated heterocycles. The summed E-state index contributed by atoms with van der Waals surface area (Å²) in [5.41, 5.74) is 6.02. The molecule has 2 heterocycles. The van der Waals surface area contributed by atoms with Crippen molar-refractivity contribution < 1.29 is 9.47 Å². The molecule has 52 heavy (non-hydrogen) atoms. The van der Waals surface area contributed by atoms with Crippen molar-refractivity contribution in [1.82, 2.24) is 19.8 Å². The Morgan fingerprint density at radius 3 is 1.27 bits per heavy atom. The molecular formula is C42H50Cl2N6O2. The molecule has 0 aliphatic heterocycles. The zero-order valence-corrected chi connectivity index (χ0v) is 32.8. The molecule has 0 fully saturated rings. The van der Waals surface area contributed by atoms with Gasteiger partial charge in [-0.2, -0.15) is 0 Å². The summed E-state index contributed by atoms with van der Waals surface area (Å²) in [5.74, 6) is 1.66. The maximum Gasteiger partial charge on any atom is 0.119 e. The Morgan fingerprint density at radius 1 is 0.462 bits per heavy atom. The van der Waals surface area contributed by atoms with Gasteiger partial charge in [-0.05, 0) is 139 Å². The normalized spacial score (nSPS) is 11.8. The van der Waals surface area contributed by atoms with Crippen molar-refractivity contribution in [2.24, 2.45) is 0 Å². The average Bonchev–Trinajstić information content (AvgIpc) is 3.13. The third kappa shape index (κ3) is 8.75. The van der Waals surface area contributed by atoms with E-state index in [1.165, 1.54) is 24.2 Å². The molecule has 0 radical (unpaired) electrons. The molecule has 6 rings (SSSR count). The summed E-state index contributed by atoms with van der Waals surface area (Å²) < 4.78 is 11.1. The highest BCUT2D eigenvalue weighted by molar-refractivity contribution is 6.32. The van der Waals surface area contributed by atoms with E-state index < -0.39 is 0 Å². The zero-order valence-electron chi connectivity index (χ0n) is 31.3. The second-order valence-corrected chi connectivity index (χ2v) is 14.7. The predicted molar refractivity (Wildman–Crippen MR) is 222 cm³/mol. The predicted octanol–water partition coefficient (Wildman–Crippen LogP) is 9.41. The van der Waals surface area contributed by atoms with E-state index >= 15 is 0 Å². The Labute approximate surface area is 317 Å². The first-order valence-corrected chi connectivity index (χ1v) is 18.8. The Hall–Kier alpha value is -4.08. The van der Waals surface area contributed by atoms with Crippen LogP contribution in [0.15, 0.2) is 72.8 Å². The molecule has 2 aromatic heterocycles. The van der Waals surface area contributed by atoms with Crippen LogP contribution in [0.1, 0.15) is 25.7 Å². The fourth-order valence-corrected chi connectivity index (χ4v) is 7.52. The monoisotopic (exact) mass is 740 g/mol. The molecule has 0 aliphatic carbocycles. The first-order valence-electron chi connectivity index (χ1n) is 18.1. The van der Waals surface area contributed by atoms with Gasteiger partial charge in [-0.15, -0.1) is 0 Å². The van der Waals surface area contributed by atoms with Gasteiger partial charge in [-0.25, -0.2) is 9.97 Å². The molecule has 0 spiro atoms. The number of anilines is 2. The van der Waals surface area contributed by atoms with E-state index in [1.807, 2.05) is 48.5 Å². The highest BCUT2D eigenvalue weighted by Gasteiger charge is 2.16. The topological polar surface area (TPSA) is 57.2 Å². The number of rotatable bonds is 17. The number of benzene rings is 4. The van der Waals surface area contributed by atoms with Crippen LogP contribution >= 0.6 is 23.2 Å². The van der Waals surface area contributed by atoms with Crippen LogP contribution in [0.2, 0.25) is 10.0 Å². The van der Waals surface area contributed by atoms with Crippen molar-refractivity contribution in [2.75, 3.05) is 91.5 Å². The molecule has 0 N–H and O–H groups in total. The third-order valence-electron chi connectivity index (χ3n) is 9.99. The lowest BCUT2D eigenvalue weighted by molar-refractivity contribution is 0.290. The molecule has 6 aromatic rings. The van der Waals surface area contributed by atoms with Gasteiger partial charge < -0.3 is 29.1 Å². The van der Waals surface area contributed by atoms with Gasteiger partial charge in [-0.3, -0.25) is 0 Å². The van der Waals surface area contributed by atoms with Crippen LogP contribution in [0, 0.1) is 0 Å². The minimum atomic E-state index is 0.693. The number of ether oxygens (including phenoxy) is 2. The van der Waals surface area contributed by atoms with Gasteiger partial charge in [0.25, 0.3) is 0 Å². The summed E-state index contributed by atoms with van der Waals surface area (Å²) >= 11 is 12.7. The third-order valence-corrected chi connectivity index (χ3v) is 10.5. The Kier molecular flexibility index (Phi) is 12.4. The van der Waals surface area contributed by atoms with Crippen molar-refractivity contribution in [2.45, 2.75) is 25.7 Å². The quantitative estimate of drug-likeness (QED) is 0.0678. The number of aromatic nitrogens is 2. The molecule has 0 atom stereocenters. The summed E-state index contributed by atoms with van der Waals surface area (Å²) in [6.45, 7) is 6.13. The number of fused-ring (bicyclic) bond motifs is 4. The Bertz CT molecular complexity index is 2010. The van der Waals surface area contributed by atoms with Crippen LogP contribution in [0.5, 0.6) is 11.5 Å². The maximum absolute atomic E-state index is 6.34. The summed E-state index contributed by atoms with van der Waals surface area (Å²) in [6.07, 6.45) is 4.47. The number of nitrogens with zero attached hydrogens (tertiary/aromatic N) is 6. The van der Waals surface area contributed by atoms with Crippen molar-refractivity contribution in [3.8, 4) is 11.5 Å². The van der Waals surface area contributed by atoms with Gasteiger partial charge in [-0.1, -0.05) is 23.2 Å². The average molecular weight is 742 g/mol. The van der Waals surface area contributed by atoms with E-state index in [4.69, 9.17) is 42.6 Å². The molecule has 274 valence electrons. The highest BCUT2D eigenvalue weighted by Crippen LogP contribution is 2.38. The number of hydrogen-bond acceptors (Lipinski definition) is 8. The Balaban J connectivity index is 0.959. The standard InChI is InChI=1S/C42H50Cl2N6O2/c1-47(21-9-23-49(3)41-33-15-11-29(43)25-39(33)45-37-17-13-31(51-5)27-35(37)41)19-7-8-20-48(2)22-10-24-50(4)42-34-16-12-30(44)26-40(34)46-38-18-14-32(52-6)28-36(38)42/h11-18,25-28H,7-10,19-24H2,1-6H3. The minimum Gasteiger partial charge on any atom is -0.497 e. The highest BCUT2D eigenvalue weighted by atomic mass is 35.5. The van der Waals surface area contributed by atoms with Crippen molar-refractivity contribution in [3.63, 3.8) is 0 Å². The van der Waals surface area contributed by atoms with Crippen molar-refractivity contribution in [3.05, 3.63) is 82.8 Å². The molecule has 10 heteroatoms. The molecule has 0 aliphatic rings. The van der Waals surface area contributed by atoms with Gasteiger partial charge in [0.2, 0.25) is 0 Å². The fourth-order valence-electron chi connectivity index (χ4n) is 7.19. The smallest absolute Gasteiger partial charge is 0.119 e. The number of unbranched alkanes of at least 4 members (excludes halogenated alkanes) is 1. The molecular weight excluding hydrogens is 691 g/mol. The van der Waals surface area contributed by atoms with Gasteiger partial charge >= 0.3 is 0 Å². The van der Waals surface area contributed by atoms with Crippen LogP contribution in [-0.4, -0.2) is 101 Å². The summed E-state index contributed by atoms with van der Waals surface area (Å²) in [7, 11) is 12.2. The molecule has 8 nitrogen and oxygen atoms in total. The lowest BCUT2D eigenvalue weighted by Crippen LogP contribution is -2.28. The molecule has 0 saturated carbocycles. The summed E-state index contributed by atoms with van der Waals surface area (Å²) in [4.78, 5) is 19.4. The largest absolute Gasteiger partial charge is 0.497 e. The Morgan fingerprint density at radius 2 is 0.865 bits per heavy atom. The zero-order chi connectivity index (χ0) is 36.8. The number of pyridine rings is 2. The van der Waals surface area contributed by atoms with Crippen LogP contribution in [-0.2, 0) is 0 Å². The number of halogens is 2. The van der Waals surface area contributed by atoms with Gasteiger partial charge in [0.05, 0.1) is 47.7 Å². The molecule has 0 bridgehead atoms. The van der Waals surface area contributed by atoms with Crippen LogP contribution in [0.4, 0.5) is 11.4 Å². The van der Waals surface area contributed by atoms with Crippen LogP contribution < -0.4 is 19.3 Å². The minimum absolute atomic E-state index is 0.693. The summed E-state index contributed by atoms with van der Waals surface area (Å²) in [6, 6.07) is 24.1. The van der Waals surface area contributed by atoms with Crippen LogP contribution in [0.25, 0.3) is 43.6 Å². The first kappa shape index (κ1) is 37.7. The van der Waals surface area contributed by atoms with Gasteiger partial charge in [0.1, 0.15) is 11.5 Å². The lowest BCUT2D eigenvalue weighted by Gasteiger charge is -2.25. The van der Waals surface area contributed by atoms with E-state index in [1.54, 1.807) is 14.2 Å². The molecule has 0 unspecified atom stereocenters. The maximum atomic E-state index is 6.34. The summed E-state index contributed by atoms with van der Waals surface area (Å²) in [5, 5.41) is 5.76. The van der Waals surface area contributed by atoms with Gasteiger partial charge in [0.15, 0.2) is 0 Å². The van der Waals surface area contributed by atoms with Crippen molar-refractivity contribution >= 4 is 78.2 Å². The lowest BCUT2D eigenvalue weighted by atomic mass is 10.1. The fraction of sp³-hybridized carbons (Fsp3) is 0.381. The second-order valence-electron chi connectivity index (χ2n) is 13.9. The first-order chi connectivity index (χ1) is 25.1. The molecule has 0 amide bonds. The van der Waals surface area contributed by atoms with E-state index in [9.17, 15) is 0 Å². The van der Waals surface area contributed by atoms with E-state index in [0.717, 1.165) is 107 Å². The SMILES string of the molecule is COc1ccc2nc3cc(Cl)ccc3c(N(C)CCCN(C)CCCCN(C)CCCN(C)c3c4ccc(Cl)cc4nc4ccc(OC)cc34)c2c1. The van der Waals surface area contributed by atoms with E-state index in [-0.39, 0.29) is 0 Å². The molecule has 4 aromatic carbocycles. The van der Waals surface area contributed by atoms with E-state index in [0.29, 0.717) is 10.0 Å². The number of methoxy groups -OCH3 is 2.